The van der Waals surface area contributed by atoms with E-state index in [1.807, 2.05) is 30.3 Å². The van der Waals surface area contributed by atoms with Crippen LogP contribution in [0.1, 0.15) is 57.2 Å². The lowest BCUT2D eigenvalue weighted by Gasteiger charge is -2.28. The normalized spacial score (nSPS) is 12.3. The van der Waals surface area contributed by atoms with E-state index in [9.17, 15) is 37.6 Å². The van der Waals surface area contributed by atoms with Crippen molar-refractivity contribution in [3.63, 3.8) is 0 Å². The average Bonchev–Trinajstić information content (AvgIpc) is 1.67. The summed E-state index contributed by atoms with van der Waals surface area (Å²) in [7, 11) is 1.42. The van der Waals surface area contributed by atoms with Gasteiger partial charge in [-0.1, -0.05) is 35.5 Å². The van der Waals surface area contributed by atoms with E-state index in [1.165, 1.54) is 41.7 Å². The molecule has 0 unspecified atom stereocenters. The van der Waals surface area contributed by atoms with Crippen molar-refractivity contribution in [1.29, 1.82) is 5.26 Å². The summed E-state index contributed by atoms with van der Waals surface area (Å²) in [5, 5.41) is 28.7. The van der Waals surface area contributed by atoms with Crippen LogP contribution in [0.25, 0.3) is 22.3 Å². The summed E-state index contributed by atoms with van der Waals surface area (Å²) >= 11 is 0. The molecule has 0 atom stereocenters. The number of aromatic amines is 1. The van der Waals surface area contributed by atoms with Gasteiger partial charge in [-0.15, -0.1) is 10.2 Å². The summed E-state index contributed by atoms with van der Waals surface area (Å²) < 4.78 is 97.5. The van der Waals surface area contributed by atoms with Gasteiger partial charge in [-0.05, 0) is 24.0 Å². The molecule has 7 aromatic rings. The highest BCUT2D eigenvalue weighted by Gasteiger charge is 2.31. The van der Waals surface area contributed by atoms with E-state index < -0.39 is 46.8 Å². The first-order chi connectivity index (χ1) is 44.0. The number of nitrogens with one attached hydrogen (secondary N) is 3. The summed E-state index contributed by atoms with van der Waals surface area (Å²) in [6, 6.07) is 14.2. The second-order valence-electron chi connectivity index (χ2n) is 19.4. The highest BCUT2D eigenvalue weighted by molar-refractivity contribution is 6.45. The second kappa shape index (κ2) is 35.8. The Kier molecular flexibility index (Phi) is 26.5. The number of anilines is 1. The molecule has 28 nitrogen and oxygen atoms in total. The maximum absolute atomic E-state index is 13.8. The van der Waals surface area contributed by atoms with Gasteiger partial charge in [0.1, 0.15) is 35.7 Å². The molecule has 2 amide bonds. The van der Waals surface area contributed by atoms with Crippen molar-refractivity contribution in [1.82, 2.24) is 59.9 Å². The Morgan fingerprint density at radius 3 is 2.06 bits per heavy atom. The van der Waals surface area contributed by atoms with Crippen LogP contribution in [0.4, 0.5) is 19.0 Å². The third-order valence-electron chi connectivity index (χ3n) is 13.3. The molecule has 0 radical (unpaired) electrons. The van der Waals surface area contributed by atoms with Crippen molar-refractivity contribution in [2.24, 2.45) is 0 Å². The second-order valence-corrected chi connectivity index (χ2v) is 19.4. The van der Waals surface area contributed by atoms with Crippen molar-refractivity contribution >= 4 is 45.9 Å². The number of likely N-dealkylation sites (tertiary alicyclic amines) is 1. The number of ether oxygens (including phenoxy) is 10. The van der Waals surface area contributed by atoms with Crippen LogP contribution in [0, 0.1) is 28.8 Å². The Morgan fingerprint density at radius 2 is 1.39 bits per heavy atom. The van der Waals surface area contributed by atoms with Gasteiger partial charge in [0, 0.05) is 44.0 Å². The van der Waals surface area contributed by atoms with Crippen molar-refractivity contribution in [3.8, 4) is 23.4 Å². The number of nitrogens with zero attached hydrogens (tertiary/aromatic N) is 11. The topological polar surface area (TPSA) is 328 Å². The zero-order chi connectivity index (χ0) is 63.3. The first-order valence-corrected chi connectivity index (χ1v) is 28.7. The van der Waals surface area contributed by atoms with Crippen LogP contribution >= 0.6 is 0 Å². The maximum Gasteiger partial charge on any atom is 0.313 e. The van der Waals surface area contributed by atoms with Crippen molar-refractivity contribution in [2.75, 3.05) is 131 Å². The van der Waals surface area contributed by atoms with E-state index in [0.29, 0.717) is 151 Å². The fourth-order valence-corrected chi connectivity index (χ4v) is 8.83. The van der Waals surface area contributed by atoms with Crippen LogP contribution in [-0.2, 0) is 67.2 Å². The number of fused-ring (bicyclic) bond motifs is 1. The summed E-state index contributed by atoms with van der Waals surface area (Å²) in [5.74, 6) is -6.84. The molecule has 0 aliphatic carbocycles. The van der Waals surface area contributed by atoms with Gasteiger partial charge in [0.2, 0.25) is 11.6 Å². The number of carbonyl (C=O) groups excluding carboxylic acids is 4. The first-order valence-electron chi connectivity index (χ1n) is 28.7. The molecule has 3 N–H and O–H groups in total. The van der Waals surface area contributed by atoms with E-state index in [4.69, 9.17) is 42.6 Å². The lowest BCUT2D eigenvalue weighted by atomic mass is 9.93. The number of carbonyl (C=O) groups is 4. The van der Waals surface area contributed by atoms with E-state index in [1.54, 1.807) is 16.9 Å². The Morgan fingerprint density at radius 1 is 0.744 bits per heavy atom. The minimum absolute atomic E-state index is 0.0420. The Bertz CT molecular complexity index is 3510. The monoisotopic (exact) mass is 1250 g/mol. The number of Topliss-reactive ketones (excluding diaryl/α,β-unsaturated/α-hetero) is 1. The molecule has 1 aliphatic heterocycles. The van der Waals surface area contributed by atoms with Crippen LogP contribution in [-0.4, -0.2) is 204 Å². The van der Waals surface area contributed by atoms with E-state index in [-0.39, 0.29) is 75.4 Å². The molecular weight excluding hydrogens is 1190 g/mol. The number of hydrogen-bond donors (Lipinski definition) is 3. The first kappa shape index (κ1) is 66.8. The Hall–Kier alpha value is -9.13. The SMILES string of the molecule is COc1cnc(-n2cnc(C(=O)NCc3cc(NCCOCCOCCOCCOCc4cn(CCOCCOCCOCCOCCC(=O)Oc5c(F)cc(F)cc5F)nn4)ncn3)n2)c2[nH]cc(C(=O)C(=O)N3CCC(=C(C#N)c4ccccc4)CC3)c12. The lowest BCUT2D eigenvalue weighted by Crippen LogP contribution is -2.40. The van der Waals surface area contributed by atoms with Gasteiger partial charge >= 0.3 is 5.97 Å². The number of piperidine rings is 1. The minimum atomic E-state index is -1.31. The van der Waals surface area contributed by atoms with Crippen LogP contribution in [0.15, 0.2) is 85.3 Å². The molecule has 6 heterocycles. The number of methoxy groups -OCH3 is 1. The molecule has 0 saturated carbocycles. The molecular formula is C59H67F3N14O14. The zero-order valence-corrected chi connectivity index (χ0v) is 49.2. The summed E-state index contributed by atoms with van der Waals surface area (Å²) in [6.07, 6.45) is 7.92. The number of pyridine rings is 1. The molecule has 0 spiro atoms. The van der Waals surface area contributed by atoms with Gasteiger partial charge in [0.15, 0.2) is 17.5 Å². The number of esters is 1. The third kappa shape index (κ3) is 20.2. The smallest absolute Gasteiger partial charge is 0.313 e. The molecule has 1 aliphatic rings. The van der Waals surface area contributed by atoms with Gasteiger partial charge in [0.25, 0.3) is 17.6 Å². The summed E-state index contributed by atoms with van der Waals surface area (Å²) in [5.41, 5.74) is 3.92. The molecule has 8 rings (SSSR count). The molecule has 1 fully saturated rings. The lowest BCUT2D eigenvalue weighted by molar-refractivity contribution is -0.136. The predicted molar refractivity (Wildman–Crippen MR) is 310 cm³/mol. The van der Waals surface area contributed by atoms with Gasteiger partial charge in [-0.3, -0.25) is 19.2 Å². The molecule has 2 aromatic carbocycles. The number of ketones is 1. The largest absolute Gasteiger partial charge is 0.494 e. The number of amides is 2. The number of rotatable bonds is 39. The molecule has 0 bridgehead atoms. The maximum atomic E-state index is 13.8. The molecule has 31 heteroatoms. The Balaban J connectivity index is 0.607. The van der Waals surface area contributed by atoms with E-state index in [0.717, 1.165) is 11.1 Å². The van der Waals surface area contributed by atoms with Gasteiger partial charge < -0.3 is 67.9 Å². The number of H-pyrrole nitrogens is 1. The molecule has 5 aromatic heterocycles. The van der Waals surface area contributed by atoms with Crippen LogP contribution in [0.2, 0.25) is 0 Å². The number of benzene rings is 2. The number of nitriles is 1. The van der Waals surface area contributed by atoms with E-state index in [2.05, 4.69) is 61.8 Å². The van der Waals surface area contributed by atoms with E-state index >= 15 is 0 Å². The number of halogens is 3. The zero-order valence-electron chi connectivity index (χ0n) is 49.2. The highest BCUT2D eigenvalue weighted by Crippen LogP contribution is 2.33. The van der Waals surface area contributed by atoms with Crippen molar-refractivity contribution in [2.45, 2.75) is 39.0 Å². The number of aromatic nitrogens is 10. The Labute approximate surface area is 513 Å². The van der Waals surface area contributed by atoms with Gasteiger partial charge in [-0.2, -0.15) is 9.94 Å². The number of hydrogen-bond acceptors (Lipinski definition) is 23. The molecule has 90 heavy (non-hydrogen) atoms. The van der Waals surface area contributed by atoms with Crippen LogP contribution in [0.3, 0.4) is 0 Å². The van der Waals surface area contributed by atoms with Gasteiger partial charge in [0.05, 0.1) is 179 Å². The van der Waals surface area contributed by atoms with Crippen LogP contribution < -0.4 is 20.1 Å². The average molecular weight is 1250 g/mol. The fourth-order valence-electron chi connectivity index (χ4n) is 8.83. The fraction of sp³-hybridized carbons (Fsp3) is 0.424. The van der Waals surface area contributed by atoms with Crippen LogP contribution in [0.5, 0.6) is 11.5 Å². The molecule has 1 saturated heterocycles. The van der Waals surface area contributed by atoms with Crippen molar-refractivity contribution in [3.05, 3.63) is 131 Å². The third-order valence-corrected chi connectivity index (χ3v) is 13.3. The number of allylic oxidation sites excluding steroid dienone is 1. The summed E-state index contributed by atoms with van der Waals surface area (Å²) in [4.78, 5) is 74.1. The summed E-state index contributed by atoms with van der Waals surface area (Å²) in [6.45, 7) is 6.53. The standard InChI is InChI=1S/C59H67F3N14O14/c1-81-49-35-66-57(53-52(49)46(34-65-53)54(78)59(80)74-11-7-41(8-12-74)45(32-63)40-5-3-2-4-6-40)76-39-70-56(72-76)58(79)67-33-43-31-50(69-38-68-43)64-10-15-83-18-21-86-25-26-88-27-28-89-37-44-36-75(73-71-44)13-16-84-19-22-87-24-23-85-20-17-82-14-9-51(77)90-55-47(61)29-42(60)30-48(55)62/h2-6,29-31,34-36,38-39,65H,7-28,33,37H2,1H3,(H,67,79)(H,64,68,69). The molecule has 478 valence electrons. The quantitative estimate of drug-likeness (QED) is 0.0120. The minimum Gasteiger partial charge on any atom is -0.494 e. The predicted octanol–water partition coefficient (Wildman–Crippen LogP) is 4.40. The van der Waals surface area contributed by atoms with Crippen molar-refractivity contribution < 1.29 is 79.7 Å². The van der Waals surface area contributed by atoms with Gasteiger partial charge in [-0.25, -0.2) is 37.8 Å². The highest BCUT2D eigenvalue weighted by atomic mass is 19.1.